The molecule has 0 spiro atoms. The zero-order valence-corrected chi connectivity index (χ0v) is 11.2. The third-order valence-electron chi connectivity index (χ3n) is 2.17. The van der Waals surface area contributed by atoms with Gasteiger partial charge in [0.05, 0.1) is 13.2 Å². The number of hydrogen-bond donors (Lipinski definition) is 2. The Balaban J connectivity index is 2.16. The maximum absolute atomic E-state index is 5.56. The van der Waals surface area contributed by atoms with Crippen molar-refractivity contribution in [1.29, 1.82) is 0 Å². The van der Waals surface area contributed by atoms with E-state index in [0.29, 0.717) is 5.95 Å². The van der Waals surface area contributed by atoms with Crippen LogP contribution in [0, 0.1) is 6.92 Å². The molecule has 0 saturated carbocycles. The SMILES string of the molecule is COc1nc(N)nc(NC(C)c2ncc(C)s2)n1. The number of rotatable bonds is 4. The molecule has 0 aliphatic carbocycles. The van der Waals surface area contributed by atoms with Gasteiger partial charge in [0, 0.05) is 11.1 Å². The van der Waals surface area contributed by atoms with E-state index in [1.54, 1.807) is 11.3 Å². The summed E-state index contributed by atoms with van der Waals surface area (Å²) in [4.78, 5) is 17.3. The summed E-state index contributed by atoms with van der Waals surface area (Å²) in [5.74, 6) is 0.492. The second-order valence-electron chi connectivity index (χ2n) is 3.68. The highest BCUT2D eigenvalue weighted by atomic mass is 32.1. The third kappa shape index (κ3) is 2.83. The van der Waals surface area contributed by atoms with Crippen molar-refractivity contribution in [2.45, 2.75) is 19.9 Å². The van der Waals surface area contributed by atoms with E-state index in [4.69, 9.17) is 10.5 Å². The van der Waals surface area contributed by atoms with Crippen molar-refractivity contribution in [2.75, 3.05) is 18.2 Å². The number of hydrogen-bond acceptors (Lipinski definition) is 8. The van der Waals surface area contributed by atoms with Crippen LogP contribution < -0.4 is 15.8 Å². The lowest BCUT2D eigenvalue weighted by atomic mass is 10.4. The first kappa shape index (κ1) is 12.5. The Morgan fingerprint density at radius 1 is 1.39 bits per heavy atom. The molecule has 0 amide bonds. The first-order valence-corrected chi connectivity index (χ1v) is 6.14. The lowest BCUT2D eigenvalue weighted by Crippen LogP contribution is -2.11. The number of nitrogens with one attached hydrogen (secondary N) is 1. The van der Waals surface area contributed by atoms with Crippen LogP contribution in [0.25, 0.3) is 0 Å². The van der Waals surface area contributed by atoms with E-state index < -0.39 is 0 Å². The molecule has 96 valence electrons. The number of nitrogens with zero attached hydrogens (tertiary/aromatic N) is 4. The predicted molar refractivity (Wildman–Crippen MR) is 69.7 cm³/mol. The van der Waals surface area contributed by atoms with Crippen molar-refractivity contribution < 1.29 is 4.74 Å². The maximum atomic E-state index is 5.56. The summed E-state index contributed by atoms with van der Waals surface area (Å²) >= 11 is 1.62. The quantitative estimate of drug-likeness (QED) is 0.862. The summed E-state index contributed by atoms with van der Waals surface area (Å²) in [6.45, 7) is 3.99. The van der Waals surface area contributed by atoms with Gasteiger partial charge in [0.2, 0.25) is 11.9 Å². The lowest BCUT2D eigenvalue weighted by molar-refractivity contribution is 0.379. The number of nitrogens with two attached hydrogens (primary N) is 1. The van der Waals surface area contributed by atoms with Gasteiger partial charge in [0.15, 0.2) is 0 Å². The Hall–Kier alpha value is -1.96. The van der Waals surface area contributed by atoms with E-state index >= 15 is 0 Å². The summed E-state index contributed by atoms with van der Waals surface area (Å²) in [7, 11) is 1.48. The summed E-state index contributed by atoms with van der Waals surface area (Å²) in [6.07, 6.45) is 1.83. The number of thiazole rings is 1. The van der Waals surface area contributed by atoms with Crippen LogP contribution in [0.2, 0.25) is 0 Å². The van der Waals surface area contributed by atoms with E-state index in [0.717, 1.165) is 9.88 Å². The van der Waals surface area contributed by atoms with Crippen molar-refractivity contribution >= 4 is 23.2 Å². The van der Waals surface area contributed by atoms with Gasteiger partial charge in [-0.3, -0.25) is 0 Å². The highest BCUT2D eigenvalue weighted by Gasteiger charge is 2.12. The zero-order valence-electron chi connectivity index (χ0n) is 10.3. The topological polar surface area (TPSA) is 98.8 Å². The average molecular weight is 266 g/mol. The fourth-order valence-electron chi connectivity index (χ4n) is 1.36. The standard InChI is InChI=1S/C10H14N6OS/c1-5-4-12-7(18-5)6(2)13-9-14-8(11)15-10(16-9)17-3/h4,6H,1-3H3,(H3,11,13,14,15,16). The number of nitrogen functional groups attached to an aromatic ring is 1. The molecule has 1 atom stereocenters. The molecule has 2 aromatic rings. The molecule has 0 fully saturated rings. The number of aromatic nitrogens is 4. The zero-order chi connectivity index (χ0) is 13.1. The van der Waals surface area contributed by atoms with Crippen molar-refractivity contribution in [3.63, 3.8) is 0 Å². The van der Waals surface area contributed by atoms with Crippen molar-refractivity contribution in [1.82, 2.24) is 19.9 Å². The van der Waals surface area contributed by atoms with Crippen LogP contribution >= 0.6 is 11.3 Å². The molecule has 2 aromatic heterocycles. The summed E-state index contributed by atoms with van der Waals surface area (Å²) in [6, 6.07) is 0.183. The Morgan fingerprint density at radius 3 is 2.78 bits per heavy atom. The summed E-state index contributed by atoms with van der Waals surface area (Å²) in [5.41, 5.74) is 5.56. The van der Waals surface area contributed by atoms with Gasteiger partial charge in [0.1, 0.15) is 5.01 Å². The molecule has 0 saturated heterocycles. The molecule has 0 bridgehead atoms. The minimum atomic E-state index is -0.00444. The average Bonchev–Trinajstić information content (AvgIpc) is 2.75. The summed E-state index contributed by atoms with van der Waals surface area (Å²) < 4.78 is 4.93. The number of anilines is 2. The second kappa shape index (κ2) is 5.13. The van der Waals surface area contributed by atoms with Crippen LogP contribution in [0.4, 0.5) is 11.9 Å². The first-order valence-electron chi connectivity index (χ1n) is 5.33. The van der Waals surface area contributed by atoms with Crippen LogP contribution in [-0.4, -0.2) is 27.0 Å². The van der Waals surface area contributed by atoms with E-state index in [1.807, 2.05) is 20.0 Å². The minimum Gasteiger partial charge on any atom is -0.467 e. The van der Waals surface area contributed by atoms with Gasteiger partial charge in [-0.1, -0.05) is 0 Å². The molecular formula is C10H14N6OS. The van der Waals surface area contributed by atoms with E-state index in [9.17, 15) is 0 Å². The molecule has 7 nitrogen and oxygen atoms in total. The van der Waals surface area contributed by atoms with Crippen molar-refractivity contribution in [3.05, 3.63) is 16.1 Å². The molecular weight excluding hydrogens is 252 g/mol. The lowest BCUT2D eigenvalue weighted by Gasteiger charge is -2.11. The molecule has 0 aromatic carbocycles. The highest BCUT2D eigenvalue weighted by molar-refractivity contribution is 7.11. The fourth-order valence-corrected chi connectivity index (χ4v) is 2.13. The van der Waals surface area contributed by atoms with Crippen LogP contribution in [-0.2, 0) is 0 Å². The number of methoxy groups -OCH3 is 1. The monoisotopic (exact) mass is 266 g/mol. The van der Waals surface area contributed by atoms with Gasteiger partial charge in [-0.25, -0.2) is 4.98 Å². The van der Waals surface area contributed by atoms with Crippen molar-refractivity contribution in [2.24, 2.45) is 0 Å². The Bertz CT molecular complexity index is 543. The number of ether oxygens (including phenoxy) is 1. The predicted octanol–water partition coefficient (Wildman–Crippen LogP) is 1.40. The maximum Gasteiger partial charge on any atom is 0.322 e. The molecule has 3 N–H and O–H groups in total. The molecule has 0 aliphatic heterocycles. The molecule has 2 rings (SSSR count). The molecule has 18 heavy (non-hydrogen) atoms. The van der Waals surface area contributed by atoms with Crippen LogP contribution in [0.1, 0.15) is 22.9 Å². The summed E-state index contributed by atoms with van der Waals surface area (Å²) in [5, 5.41) is 4.08. The Kier molecular flexibility index (Phi) is 3.56. The van der Waals surface area contributed by atoms with Gasteiger partial charge in [0.25, 0.3) is 0 Å². The third-order valence-corrected chi connectivity index (χ3v) is 3.27. The van der Waals surface area contributed by atoms with E-state index in [1.165, 1.54) is 7.11 Å². The normalized spacial score (nSPS) is 12.2. The molecule has 0 aliphatic rings. The van der Waals surface area contributed by atoms with Gasteiger partial charge in [-0.15, -0.1) is 11.3 Å². The highest BCUT2D eigenvalue weighted by Crippen LogP contribution is 2.22. The van der Waals surface area contributed by atoms with Gasteiger partial charge < -0.3 is 15.8 Å². The molecule has 0 radical (unpaired) electrons. The van der Waals surface area contributed by atoms with Gasteiger partial charge in [-0.2, -0.15) is 15.0 Å². The van der Waals surface area contributed by atoms with Gasteiger partial charge >= 0.3 is 6.01 Å². The van der Waals surface area contributed by atoms with Crippen molar-refractivity contribution in [3.8, 4) is 6.01 Å². The second-order valence-corrected chi connectivity index (χ2v) is 4.95. The Morgan fingerprint density at radius 2 is 2.17 bits per heavy atom. The smallest absolute Gasteiger partial charge is 0.322 e. The first-order chi connectivity index (χ1) is 8.58. The van der Waals surface area contributed by atoms with E-state index in [2.05, 4.69) is 25.3 Å². The van der Waals surface area contributed by atoms with Crippen LogP contribution in [0.5, 0.6) is 6.01 Å². The number of aryl methyl sites for hydroxylation is 1. The molecule has 8 heteroatoms. The molecule has 1 unspecified atom stereocenters. The largest absolute Gasteiger partial charge is 0.467 e. The van der Waals surface area contributed by atoms with Crippen LogP contribution in [0.3, 0.4) is 0 Å². The Labute approximate surface area is 108 Å². The van der Waals surface area contributed by atoms with E-state index in [-0.39, 0.29) is 18.0 Å². The van der Waals surface area contributed by atoms with Crippen LogP contribution in [0.15, 0.2) is 6.20 Å². The van der Waals surface area contributed by atoms with Gasteiger partial charge in [-0.05, 0) is 13.8 Å². The molecule has 2 heterocycles. The fraction of sp³-hybridized carbons (Fsp3) is 0.400. The minimum absolute atomic E-state index is 0.00444.